The lowest BCUT2D eigenvalue weighted by atomic mass is 10.0. The van der Waals surface area contributed by atoms with Crippen molar-refractivity contribution >= 4 is 16.7 Å². The molecule has 2 aromatic rings. The number of carbonyl (C=O) groups excluding carboxylic acids is 1. The molecular formula is C14H13NO. The summed E-state index contributed by atoms with van der Waals surface area (Å²) in [5.74, 6) is 0.0369. The third-order valence-corrected chi connectivity index (χ3v) is 3.20. The Labute approximate surface area is 94.3 Å². The van der Waals surface area contributed by atoms with Gasteiger partial charge < -0.3 is 5.32 Å². The number of hydrogen-bond acceptors (Lipinski definition) is 1. The average molecular weight is 211 g/mol. The van der Waals surface area contributed by atoms with E-state index in [0.717, 1.165) is 6.42 Å². The zero-order valence-electron chi connectivity index (χ0n) is 9.16. The second kappa shape index (κ2) is 3.34. The first-order valence-electron chi connectivity index (χ1n) is 5.53. The molecule has 0 saturated heterocycles. The molecule has 0 spiro atoms. The maximum absolute atomic E-state index is 11.2. The quantitative estimate of drug-likeness (QED) is 0.771. The second-order valence-corrected chi connectivity index (χ2v) is 4.32. The van der Waals surface area contributed by atoms with E-state index in [4.69, 9.17) is 0 Å². The maximum atomic E-state index is 11.2. The Kier molecular flexibility index (Phi) is 1.96. The molecule has 0 aromatic heterocycles. The molecule has 0 radical (unpaired) electrons. The Hall–Kier alpha value is -1.83. The molecule has 1 aliphatic rings. The zero-order valence-corrected chi connectivity index (χ0v) is 9.16. The van der Waals surface area contributed by atoms with Crippen molar-refractivity contribution in [2.24, 2.45) is 0 Å². The molecule has 1 amide bonds. The van der Waals surface area contributed by atoms with Crippen molar-refractivity contribution in [3.63, 3.8) is 0 Å². The topological polar surface area (TPSA) is 29.1 Å². The van der Waals surface area contributed by atoms with Crippen molar-refractivity contribution in [2.75, 3.05) is 0 Å². The molecule has 0 saturated carbocycles. The van der Waals surface area contributed by atoms with E-state index in [1.807, 2.05) is 0 Å². The highest BCUT2D eigenvalue weighted by atomic mass is 16.1. The van der Waals surface area contributed by atoms with Gasteiger partial charge in [0.1, 0.15) is 0 Å². The predicted molar refractivity (Wildman–Crippen MR) is 64.2 cm³/mol. The lowest BCUT2D eigenvalue weighted by Crippen LogP contribution is -2.25. The van der Waals surface area contributed by atoms with E-state index in [1.165, 1.54) is 21.9 Å². The van der Waals surface area contributed by atoms with E-state index in [2.05, 4.69) is 41.7 Å². The first-order valence-corrected chi connectivity index (χ1v) is 5.53. The van der Waals surface area contributed by atoms with Crippen LogP contribution in [0.1, 0.15) is 24.1 Å². The minimum atomic E-state index is 0.0369. The lowest BCUT2D eigenvalue weighted by molar-refractivity contribution is -0.119. The second-order valence-electron chi connectivity index (χ2n) is 4.32. The van der Waals surface area contributed by atoms with Gasteiger partial charge in [-0.3, -0.25) is 4.79 Å². The molecule has 16 heavy (non-hydrogen) atoms. The van der Waals surface area contributed by atoms with Crippen LogP contribution in [-0.2, 0) is 11.2 Å². The molecule has 1 unspecified atom stereocenters. The van der Waals surface area contributed by atoms with Gasteiger partial charge in [-0.15, -0.1) is 0 Å². The molecule has 0 heterocycles. The third kappa shape index (κ3) is 1.30. The van der Waals surface area contributed by atoms with Gasteiger partial charge in [0, 0.05) is 6.92 Å². The van der Waals surface area contributed by atoms with Crippen molar-refractivity contribution in [1.82, 2.24) is 5.32 Å². The van der Waals surface area contributed by atoms with Crippen LogP contribution >= 0.6 is 0 Å². The van der Waals surface area contributed by atoms with Crippen molar-refractivity contribution in [1.29, 1.82) is 0 Å². The van der Waals surface area contributed by atoms with Crippen LogP contribution in [0.5, 0.6) is 0 Å². The first-order chi connectivity index (χ1) is 7.75. The van der Waals surface area contributed by atoms with Crippen LogP contribution in [0.25, 0.3) is 10.8 Å². The van der Waals surface area contributed by atoms with Crippen LogP contribution in [0, 0.1) is 0 Å². The fourth-order valence-electron chi connectivity index (χ4n) is 2.61. The molecule has 1 N–H and O–H groups in total. The van der Waals surface area contributed by atoms with Gasteiger partial charge in [0.2, 0.25) is 5.91 Å². The molecule has 2 nitrogen and oxygen atoms in total. The minimum Gasteiger partial charge on any atom is -0.349 e. The van der Waals surface area contributed by atoms with Gasteiger partial charge in [-0.1, -0.05) is 36.4 Å². The molecule has 0 aliphatic heterocycles. The highest BCUT2D eigenvalue weighted by molar-refractivity contribution is 5.92. The lowest BCUT2D eigenvalue weighted by Gasteiger charge is -2.12. The van der Waals surface area contributed by atoms with Crippen LogP contribution in [0.3, 0.4) is 0 Å². The highest BCUT2D eigenvalue weighted by Gasteiger charge is 2.24. The van der Waals surface area contributed by atoms with Gasteiger partial charge in [0.15, 0.2) is 0 Å². The smallest absolute Gasteiger partial charge is 0.217 e. The van der Waals surface area contributed by atoms with Crippen LogP contribution in [0.15, 0.2) is 36.4 Å². The number of amides is 1. The summed E-state index contributed by atoms with van der Waals surface area (Å²) in [7, 11) is 0. The molecule has 1 atom stereocenters. The maximum Gasteiger partial charge on any atom is 0.217 e. The van der Waals surface area contributed by atoms with Gasteiger partial charge in [-0.2, -0.15) is 0 Å². The third-order valence-electron chi connectivity index (χ3n) is 3.20. The van der Waals surface area contributed by atoms with E-state index >= 15 is 0 Å². The van der Waals surface area contributed by atoms with Gasteiger partial charge in [0.05, 0.1) is 6.04 Å². The van der Waals surface area contributed by atoms with Gasteiger partial charge in [0.25, 0.3) is 0 Å². The number of benzene rings is 2. The summed E-state index contributed by atoms with van der Waals surface area (Å²) in [5, 5.41) is 5.60. The fraction of sp³-hybridized carbons (Fsp3) is 0.214. The van der Waals surface area contributed by atoms with E-state index in [1.54, 1.807) is 6.92 Å². The highest BCUT2D eigenvalue weighted by Crippen LogP contribution is 2.36. The molecule has 1 aliphatic carbocycles. The largest absolute Gasteiger partial charge is 0.349 e. The van der Waals surface area contributed by atoms with Crippen molar-refractivity contribution in [3.8, 4) is 0 Å². The Bertz CT molecular complexity index is 569. The molecule has 0 bridgehead atoms. The Morgan fingerprint density at radius 1 is 1.25 bits per heavy atom. The fourth-order valence-corrected chi connectivity index (χ4v) is 2.61. The van der Waals surface area contributed by atoms with Crippen molar-refractivity contribution in [2.45, 2.75) is 19.4 Å². The van der Waals surface area contributed by atoms with Crippen LogP contribution < -0.4 is 5.32 Å². The summed E-state index contributed by atoms with van der Waals surface area (Å²) in [6, 6.07) is 12.8. The van der Waals surface area contributed by atoms with Crippen molar-refractivity contribution in [3.05, 3.63) is 47.5 Å². The Morgan fingerprint density at radius 2 is 2.00 bits per heavy atom. The van der Waals surface area contributed by atoms with Crippen molar-refractivity contribution < 1.29 is 4.79 Å². The number of carbonyl (C=O) groups is 1. The Balaban J connectivity index is 2.17. The summed E-state index contributed by atoms with van der Waals surface area (Å²) >= 11 is 0. The van der Waals surface area contributed by atoms with Crippen LogP contribution in [-0.4, -0.2) is 5.91 Å². The summed E-state index contributed by atoms with van der Waals surface area (Å²) in [6.07, 6.45) is 0.913. The number of rotatable bonds is 1. The predicted octanol–water partition coefficient (Wildman–Crippen LogP) is 2.57. The standard InChI is InChI=1S/C14H13NO/c1-9(16)15-13-8-11-6-2-4-10-5-3-7-12(13)14(10)11/h2-7,13H,8H2,1H3,(H,15,16). The van der Waals surface area contributed by atoms with E-state index < -0.39 is 0 Å². The molecular weight excluding hydrogens is 198 g/mol. The monoisotopic (exact) mass is 211 g/mol. The van der Waals surface area contributed by atoms with Gasteiger partial charge in [-0.25, -0.2) is 0 Å². The van der Waals surface area contributed by atoms with E-state index in [-0.39, 0.29) is 11.9 Å². The van der Waals surface area contributed by atoms with E-state index in [9.17, 15) is 4.79 Å². The summed E-state index contributed by atoms with van der Waals surface area (Å²) in [4.78, 5) is 11.2. The average Bonchev–Trinajstić information content (AvgIpc) is 2.59. The van der Waals surface area contributed by atoms with Gasteiger partial charge >= 0.3 is 0 Å². The van der Waals surface area contributed by atoms with Gasteiger partial charge in [-0.05, 0) is 28.3 Å². The molecule has 2 aromatic carbocycles. The van der Waals surface area contributed by atoms with E-state index in [0.29, 0.717) is 0 Å². The van der Waals surface area contributed by atoms with Crippen LogP contribution in [0.4, 0.5) is 0 Å². The Morgan fingerprint density at radius 3 is 2.75 bits per heavy atom. The molecule has 3 rings (SSSR count). The SMILES string of the molecule is CC(=O)NC1Cc2cccc3cccc1c23. The first kappa shape index (κ1) is 9.40. The summed E-state index contributed by atoms with van der Waals surface area (Å²) in [6.45, 7) is 1.57. The minimum absolute atomic E-state index is 0.0369. The number of hydrogen-bond donors (Lipinski definition) is 1. The molecule has 2 heteroatoms. The molecule has 0 fully saturated rings. The number of nitrogens with one attached hydrogen (secondary N) is 1. The normalized spacial score (nSPS) is 17.7. The zero-order chi connectivity index (χ0) is 11.1. The summed E-state index contributed by atoms with van der Waals surface area (Å²) < 4.78 is 0. The van der Waals surface area contributed by atoms with Crippen LogP contribution in [0.2, 0.25) is 0 Å². The molecule has 80 valence electrons. The summed E-state index contributed by atoms with van der Waals surface area (Å²) in [5.41, 5.74) is 2.59.